The van der Waals surface area contributed by atoms with Crippen LogP contribution in [-0.4, -0.2) is 37.6 Å². The SMILES string of the molecule is O=C1CC(S(=O)(=O)Cl)CN1CCc1cccs1. The largest absolute Gasteiger partial charge is 0.341 e. The smallest absolute Gasteiger partial charge is 0.237 e. The van der Waals surface area contributed by atoms with Gasteiger partial charge in [-0.1, -0.05) is 6.07 Å². The second-order valence-corrected chi connectivity index (χ2v) is 7.91. The van der Waals surface area contributed by atoms with Crippen molar-refractivity contribution in [3.05, 3.63) is 22.4 Å². The molecule has 7 heteroatoms. The van der Waals surface area contributed by atoms with E-state index < -0.39 is 14.3 Å². The molecule has 0 bridgehead atoms. The molecule has 0 aliphatic carbocycles. The predicted octanol–water partition coefficient (Wildman–Crippen LogP) is 1.46. The Morgan fingerprint density at radius 1 is 1.53 bits per heavy atom. The van der Waals surface area contributed by atoms with Crippen molar-refractivity contribution in [2.24, 2.45) is 0 Å². The van der Waals surface area contributed by atoms with Gasteiger partial charge < -0.3 is 4.90 Å². The molecule has 1 aromatic rings. The molecule has 4 nitrogen and oxygen atoms in total. The monoisotopic (exact) mass is 293 g/mol. The average molecular weight is 294 g/mol. The number of carbonyl (C=O) groups excluding carboxylic acids is 1. The van der Waals surface area contributed by atoms with Gasteiger partial charge in [-0.25, -0.2) is 8.42 Å². The number of thiophene rings is 1. The van der Waals surface area contributed by atoms with E-state index in [1.54, 1.807) is 16.2 Å². The zero-order valence-corrected chi connectivity index (χ0v) is 11.4. The Kier molecular flexibility index (Phi) is 3.75. The van der Waals surface area contributed by atoms with Crippen LogP contribution in [0.15, 0.2) is 17.5 Å². The van der Waals surface area contributed by atoms with Gasteiger partial charge in [0.15, 0.2) is 0 Å². The van der Waals surface area contributed by atoms with Gasteiger partial charge in [-0.15, -0.1) is 11.3 Å². The molecule has 0 saturated carbocycles. The lowest BCUT2D eigenvalue weighted by atomic mass is 10.3. The lowest BCUT2D eigenvalue weighted by Crippen LogP contribution is -2.29. The van der Waals surface area contributed by atoms with E-state index >= 15 is 0 Å². The highest BCUT2D eigenvalue weighted by Crippen LogP contribution is 2.21. The molecule has 1 fully saturated rings. The van der Waals surface area contributed by atoms with E-state index in [9.17, 15) is 13.2 Å². The van der Waals surface area contributed by atoms with Gasteiger partial charge in [-0.2, -0.15) is 0 Å². The highest BCUT2D eigenvalue weighted by molar-refractivity contribution is 8.14. The van der Waals surface area contributed by atoms with Crippen molar-refractivity contribution in [2.45, 2.75) is 18.1 Å². The molecule has 1 aromatic heterocycles. The summed E-state index contributed by atoms with van der Waals surface area (Å²) in [6.07, 6.45) is 0.773. The topological polar surface area (TPSA) is 54.5 Å². The zero-order chi connectivity index (χ0) is 12.5. The minimum Gasteiger partial charge on any atom is -0.341 e. The van der Waals surface area contributed by atoms with E-state index in [4.69, 9.17) is 10.7 Å². The standard InChI is InChI=1S/C10H12ClNO3S2/c11-17(14,15)9-6-10(13)12(7-9)4-3-8-2-1-5-16-8/h1-2,5,9H,3-4,6-7H2. The van der Waals surface area contributed by atoms with Crippen LogP contribution in [0.3, 0.4) is 0 Å². The molecule has 1 amide bonds. The normalized spacial score (nSPS) is 21.1. The van der Waals surface area contributed by atoms with Crippen molar-refractivity contribution in [1.82, 2.24) is 4.90 Å². The van der Waals surface area contributed by atoms with Crippen molar-refractivity contribution < 1.29 is 13.2 Å². The van der Waals surface area contributed by atoms with Gasteiger partial charge in [0.05, 0.1) is 0 Å². The van der Waals surface area contributed by atoms with Crippen LogP contribution in [0, 0.1) is 0 Å². The summed E-state index contributed by atoms with van der Waals surface area (Å²) in [6.45, 7) is 0.776. The van der Waals surface area contributed by atoms with Gasteiger partial charge >= 0.3 is 0 Å². The lowest BCUT2D eigenvalue weighted by Gasteiger charge is -2.15. The van der Waals surface area contributed by atoms with Gasteiger partial charge in [0.25, 0.3) is 0 Å². The molecule has 2 heterocycles. The van der Waals surface area contributed by atoms with Crippen LogP contribution in [0.1, 0.15) is 11.3 Å². The van der Waals surface area contributed by atoms with Crippen LogP contribution in [0.5, 0.6) is 0 Å². The first-order valence-corrected chi connectivity index (χ1v) is 8.45. The fraction of sp³-hybridized carbons (Fsp3) is 0.500. The summed E-state index contributed by atoms with van der Waals surface area (Å²) in [5.74, 6) is -0.129. The van der Waals surface area contributed by atoms with E-state index in [0.717, 1.165) is 6.42 Å². The molecule has 94 valence electrons. The minimum atomic E-state index is -3.63. The Morgan fingerprint density at radius 2 is 2.29 bits per heavy atom. The second kappa shape index (κ2) is 4.96. The van der Waals surface area contributed by atoms with Crippen LogP contribution in [0.25, 0.3) is 0 Å². The van der Waals surface area contributed by atoms with Gasteiger partial charge in [-0.05, 0) is 17.9 Å². The lowest BCUT2D eigenvalue weighted by molar-refractivity contribution is -0.127. The molecule has 17 heavy (non-hydrogen) atoms. The van der Waals surface area contributed by atoms with Gasteiger partial charge in [0, 0.05) is 35.1 Å². The van der Waals surface area contributed by atoms with Crippen LogP contribution in [0.4, 0.5) is 0 Å². The van der Waals surface area contributed by atoms with E-state index in [-0.39, 0.29) is 18.9 Å². The maximum atomic E-state index is 11.6. The molecular weight excluding hydrogens is 282 g/mol. The Labute approximate surface area is 109 Å². The van der Waals surface area contributed by atoms with Crippen LogP contribution < -0.4 is 0 Å². The van der Waals surface area contributed by atoms with E-state index in [1.807, 2.05) is 17.5 Å². The summed E-state index contributed by atoms with van der Waals surface area (Å²) in [5, 5.41) is 1.23. The first-order valence-electron chi connectivity index (χ1n) is 5.20. The van der Waals surface area contributed by atoms with E-state index in [2.05, 4.69) is 0 Å². The highest BCUT2D eigenvalue weighted by Gasteiger charge is 2.36. The van der Waals surface area contributed by atoms with Gasteiger partial charge in [0.1, 0.15) is 5.25 Å². The quantitative estimate of drug-likeness (QED) is 0.790. The van der Waals surface area contributed by atoms with Crippen LogP contribution in [0.2, 0.25) is 0 Å². The van der Waals surface area contributed by atoms with Crippen molar-refractivity contribution in [3.8, 4) is 0 Å². The maximum absolute atomic E-state index is 11.6. The molecule has 1 atom stereocenters. The summed E-state index contributed by atoms with van der Waals surface area (Å²) >= 11 is 1.63. The molecule has 0 N–H and O–H groups in total. The second-order valence-electron chi connectivity index (χ2n) is 3.97. The molecule has 0 aromatic carbocycles. The minimum absolute atomic E-state index is 0.0102. The Bertz CT molecular complexity index is 498. The van der Waals surface area contributed by atoms with E-state index in [1.165, 1.54) is 4.88 Å². The number of nitrogens with zero attached hydrogens (tertiary/aromatic N) is 1. The molecule has 0 spiro atoms. The Balaban J connectivity index is 1.93. The number of hydrogen-bond donors (Lipinski definition) is 0. The molecule has 1 unspecified atom stereocenters. The summed E-state index contributed by atoms with van der Waals surface area (Å²) in [6, 6.07) is 3.96. The zero-order valence-electron chi connectivity index (χ0n) is 9.00. The van der Waals surface area contributed by atoms with Gasteiger partial charge in [0.2, 0.25) is 15.0 Å². The number of halogens is 1. The van der Waals surface area contributed by atoms with Crippen molar-refractivity contribution >= 4 is 37.0 Å². The molecule has 1 saturated heterocycles. The summed E-state index contributed by atoms with van der Waals surface area (Å²) < 4.78 is 22.3. The van der Waals surface area contributed by atoms with Crippen molar-refractivity contribution in [3.63, 3.8) is 0 Å². The van der Waals surface area contributed by atoms with E-state index in [0.29, 0.717) is 6.54 Å². The number of likely N-dealkylation sites (tertiary alicyclic amines) is 1. The van der Waals surface area contributed by atoms with Gasteiger partial charge in [-0.3, -0.25) is 4.79 Å². The summed E-state index contributed by atoms with van der Waals surface area (Å²) in [4.78, 5) is 14.4. The van der Waals surface area contributed by atoms with Crippen LogP contribution in [-0.2, 0) is 20.3 Å². The van der Waals surface area contributed by atoms with Crippen molar-refractivity contribution in [1.29, 1.82) is 0 Å². The maximum Gasteiger partial charge on any atom is 0.237 e. The molecule has 0 radical (unpaired) electrons. The first-order chi connectivity index (χ1) is 7.97. The fourth-order valence-electron chi connectivity index (χ4n) is 1.84. The van der Waals surface area contributed by atoms with Crippen molar-refractivity contribution in [2.75, 3.05) is 13.1 Å². The number of amides is 1. The summed E-state index contributed by atoms with van der Waals surface area (Å²) in [5.41, 5.74) is 0. The predicted molar refractivity (Wildman–Crippen MR) is 67.8 cm³/mol. The third kappa shape index (κ3) is 3.20. The molecular formula is C10H12ClNO3S2. The fourth-order valence-corrected chi connectivity index (χ4v) is 3.60. The molecule has 2 rings (SSSR count). The number of rotatable bonds is 4. The third-order valence-electron chi connectivity index (χ3n) is 2.79. The van der Waals surface area contributed by atoms with Crippen LogP contribution >= 0.6 is 22.0 Å². The third-order valence-corrected chi connectivity index (χ3v) is 5.59. The number of hydrogen-bond acceptors (Lipinski definition) is 4. The Morgan fingerprint density at radius 3 is 2.82 bits per heavy atom. The molecule has 1 aliphatic heterocycles. The molecule has 1 aliphatic rings. The first kappa shape index (κ1) is 12.9. The summed E-state index contributed by atoms with van der Waals surface area (Å²) in [7, 11) is 1.64. The number of carbonyl (C=O) groups is 1. The highest BCUT2D eigenvalue weighted by atomic mass is 35.7. The average Bonchev–Trinajstić information content (AvgIpc) is 2.83. The Hall–Kier alpha value is -0.590.